The van der Waals surface area contributed by atoms with Crippen molar-refractivity contribution in [3.63, 3.8) is 0 Å². The number of rotatable bonds is 30. The topological polar surface area (TPSA) is 44.8 Å². The summed E-state index contributed by atoms with van der Waals surface area (Å²) in [6, 6.07) is 0. The molecule has 0 heterocycles. The third-order valence-electron chi connectivity index (χ3n) is 6.74. The van der Waals surface area contributed by atoms with E-state index in [4.69, 9.17) is 13.6 Å². The standard InChI is InChI=1S/C30H63O4P.K.H/c1-4-7-10-13-16-19-22-25-28-32-35(31,33-29-26-23-20-17-14-11-8-5-2)34-30-27-24-21-18-15-12-9-6-3;;/h4-30H2,1-3H3;;. The van der Waals surface area contributed by atoms with E-state index in [1.54, 1.807) is 0 Å². The second kappa shape index (κ2) is 33.0. The number of unbranched alkanes of at least 4 members (excludes halogenated alkanes) is 21. The molecule has 0 amide bonds. The molecule has 0 aromatic heterocycles. The van der Waals surface area contributed by atoms with Crippen molar-refractivity contribution in [2.75, 3.05) is 19.8 Å². The van der Waals surface area contributed by atoms with Crippen LogP contribution in [0.4, 0.5) is 0 Å². The van der Waals surface area contributed by atoms with Gasteiger partial charge in [0.05, 0.1) is 19.8 Å². The first-order valence-electron chi connectivity index (χ1n) is 15.7. The van der Waals surface area contributed by atoms with Crippen LogP contribution in [0.15, 0.2) is 0 Å². The van der Waals surface area contributed by atoms with Crippen molar-refractivity contribution in [3.05, 3.63) is 0 Å². The number of phosphoric ester groups is 1. The van der Waals surface area contributed by atoms with E-state index >= 15 is 0 Å². The van der Waals surface area contributed by atoms with Gasteiger partial charge < -0.3 is 0 Å². The van der Waals surface area contributed by atoms with Crippen molar-refractivity contribution in [3.8, 4) is 0 Å². The molecule has 0 unspecified atom stereocenters. The fourth-order valence-electron chi connectivity index (χ4n) is 4.35. The predicted molar refractivity (Wildman–Crippen MR) is 160 cm³/mol. The second-order valence-electron chi connectivity index (χ2n) is 10.4. The molecule has 0 fully saturated rings. The Balaban J connectivity index is 0. The maximum absolute atomic E-state index is 13.2. The molecule has 0 spiro atoms. The van der Waals surface area contributed by atoms with Crippen LogP contribution in [0.5, 0.6) is 0 Å². The summed E-state index contributed by atoms with van der Waals surface area (Å²) in [5, 5.41) is 0. The Labute approximate surface area is 269 Å². The summed E-state index contributed by atoms with van der Waals surface area (Å²) in [6.45, 7) is 8.18. The van der Waals surface area contributed by atoms with Gasteiger partial charge in [-0.05, 0) is 19.3 Å². The molecular formula is C30H64KO4P. The zero-order chi connectivity index (χ0) is 25.7. The third kappa shape index (κ3) is 30.3. The Morgan fingerprint density at radius 3 is 0.778 bits per heavy atom. The molecule has 0 rings (SSSR count). The van der Waals surface area contributed by atoms with Crippen molar-refractivity contribution < 1.29 is 18.1 Å². The molecule has 0 N–H and O–H groups in total. The van der Waals surface area contributed by atoms with Gasteiger partial charge in [-0.2, -0.15) is 0 Å². The van der Waals surface area contributed by atoms with E-state index in [9.17, 15) is 4.57 Å². The Bertz CT molecular complexity index is 389. The van der Waals surface area contributed by atoms with Crippen LogP contribution in [0.1, 0.15) is 175 Å². The van der Waals surface area contributed by atoms with Gasteiger partial charge in [-0.25, -0.2) is 4.57 Å². The predicted octanol–water partition coefficient (Wildman–Crippen LogP) is 10.9. The van der Waals surface area contributed by atoms with Crippen LogP contribution in [0.2, 0.25) is 0 Å². The molecule has 0 radical (unpaired) electrons. The zero-order valence-corrected chi connectivity index (χ0v) is 25.1. The van der Waals surface area contributed by atoms with Crippen LogP contribution in [0, 0.1) is 0 Å². The minimum absolute atomic E-state index is 0. The number of hydrogen-bond acceptors (Lipinski definition) is 4. The quantitative estimate of drug-likeness (QED) is 0.0499. The molecule has 0 aromatic rings. The van der Waals surface area contributed by atoms with Crippen LogP contribution in [0.25, 0.3) is 0 Å². The SMILES string of the molecule is CCCCCCCCCCOP(=O)(OCCCCCCCCCC)OCCCCCCCCCC.[KH]. The van der Waals surface area contributed by atoms with E-state index in [0.717, 1.165) is 38.5 Å². The molecule has 0 saturated heterocycles. The summed E-state index contributed by atoms with van der Waals surface area (Å²) in [6.07, 6.45) is 29.7. The maximum atomic E-state index is 13.2. The van der Waals surface area contributed by atoms with E-state index in [0.29, 0.717) is 19.8 Å². The summed E-state index contributed by atoms with van der Waals surface area (Å²) >= 11 is 0. The summed E-state index contributed by atoms with van der Waals surface area (Å²) in [5.41, 5.74) is 0. The molecule has 0 aromatic carbocycles. The molecule has 0 bridgehead atoms. The first kappa shape index (κ1) is 39.9. The van der Waals surface area contributed by atoms with Crippen LogP contribution in [0.3, 0.4) is 0 Å². The number of phosphoric acid groups is 1. The Hall–Kier alpha value is 1.75. The fourth-order valence-corrected chi connectivity index (χ4v) is 5.63. The van der Waals surface area contributed by atoms with E-state index < -0.39 is 7.82 Å². The number of hydrogen-bond donors (Lipinski definition) is 0. The summed E-state index contributed by atoms with van der Waals surface area (Å²) in [7, 11) is -3.43. The molecular weight excluding hydrogens is 494 g/mol. The first-order chi connectivity index (χ1) is 17.2. The molecule has 214 valence electrons. The molecule has 0 atom stereocenters. The van der Waals surface area contributed by atoms with Gasteiger partial charge in [-0.3, -0.25) is 13.6 Å². The van der Waals surface area contributed by atoms with Gasteiger partial charge in [0.2, 0.25) is 0 Å². The molecule has 0 aliphatic rings. The Morgan fingerprint density at radius 2 is 0.556 bits per heavy atom. The van der Waals surface area contributed by atoms with E-state index in [1.807, 2.05) is 0 Å². The van der Waals surface area contributed by atoms with Crippen LogP contribution >= 0.6 is 7.82 Å². The first-order valence-corrected chi connectivity index (χ1v) is 17.2. The van der Waals surface area contributed by atoms with Gasteiger partial charge in [0, 0.05) is 0 Å². The average molecular weight is 559 g/mol. The van der Waals surface area contributed by atoms with Crippen molar-refractivity contribution in [2.45, 2.75) is 175 Å². The van der Waals surface area contributed by atoms with Gasteiger partial charge in [0.25, 0.3) is 0 Å². The average Bonchev–Trinajstić information content (AvgIpc) is 2.86. The zero-order valence-electron chi connectivity index (χ0n) is 24.2. The van der Waals surface area contributed by atoms with Crippen LogP contribution in [-0.4, -0.2) is 71.2 Å². The van der Waals surface area contributed by atoms with E-state index in [1.165, 1.54) is 116 Å². The van der Waals surface area contributed by atoms with Gasteiger partial charge in [0.15, 0.2) is 0 Å². The summed E-state index contributed by atoms with van der Waals surface area (Å²) < 4.78 is 30.4. The Morgan fingerprint density at radius 1 is 0.361 bits per heavy atom. The van der Waals surface area contributed by atoms with Crippen molar-refractivity contribution >= 4 is 59.2 Å². The molecule has 0 aliphatic heterocycles. The molecule has 36 heavy (non-hydrogen) atoms. The van der Waals surface area contributed by atoms with E-state index in [-0.39, 0.29) is 51.4 Å². The van der Waals surface area contributed by atoms with Gasteiger partial charge in [-0.15, -0.1) is 0 Å². The van der Waals surface area contributed by atoms with Gasteiger partial charge in [0.1, 0.15) is 0 Å². The molecule has 6 heteroatoms. The van der Waals surface area contributed by atoms with Crippen molar-refractivity contribution in [1.29, 1.82) is 0 Å². The third-order valence-corrected chi connectivity index (χ3v) is 8.24. The second-order valence-corrected chi connectivity index (χ2v) is 12.0. The molecule has 4 nitrogen and oxygen atoms in total. The normalized spacial score (nSPS) is 11.6. The molecule has 0 aliphatic carbocycles. The summed E-state index contributed by atoms with van der Waals surface area (Å²) in [4.78, 5) is 0. The Kier molecular flexibility index (Phi) is 36.5. The van der Waals surface area contributed by atoms with Crippen molar-refractivity contribution in [1.82, 2.24) is 0 Å². The van der Waals surface area contributed by atoms with E-state index in [2.05, 4.69) is 20.8 Å². The minimum atomic E-state index is -3.43. The van der Waals surface area contributed by atoms with Crippen molar-refractivity contribution in [2.24, 2.45) is 0 Å². The molecule has 0 saturated carbocycles. The summed E-state index contributed by atoms with van der Waals surface area (Å²) in [5.74, 6) is 0. The van der Waals surface area contributed by atoms with Gasteiger partial charge >= 0.3 is 59.2 Å². The fraction of sp³-hybridized carbons (Fsp3) is 1.00. The van der Waals surface area contributed by atoms with Crippen LogP contribution < -0.4 is 0 Å². The monoisotopic (exact) mass is 558 g/mol. The van der Waals surface area contributed by atoms with Gasteiger partial charge in [-0.1, -0.05) is 156 Å². The van der Waals surface area contributed by atoms with Crippen LogP contribution in [-0.2, 0) is 18.1 Å².